The Labute approximate surface area is 178 Å². The van der Waals surface area contributed by atoms with Crippen molar-refractivity contribution < 1.29 is 24.0 Å². The second-order valence-electron chi connectivity index (χ2n) is 7.71. The van der Waals surface area contributed by atoms with Gasteiger partial charge < -0.3 is 10.2 Å². The Bertz CT molecular complexity index is 1100. The minimum Gasteiger partial charge on any atom is -0.323 e. The molecule has 31 heavy (non-hydrogen) atoms. The van der Waals surface area contributed by atoms with Gasteiger partial charge in [0, 0.05) is 25.7 Å². The lowest BCUT2D eigenvalue weighted by molar-refractivity contribution is -0.132. The number of carbonyl (C=O) groups excluding carboxylic acids is 5. The first-order valence-corrected chi connectivity index (χ1v) is 9.98. The first kappa shape index (κ1) is 20.5. The molecule has 1 aliphatic carbocycles. The van der Waals surface area contributed by atoms with E-state index in [-0.39, 0.29) is 48.7 Å². The summed E-state index contributed by atoms with van der Waals surface area (Å²) in [6.45, 7) is 0.103. The molecule has 158 valence electrons. The Hall–Kier alpha value is -3.81. The molecule has 0 bridgehead atoms. The summed E-state index contributed by atoms with van der Waals surface area (Å²) in [5.74, 6) is -1.68. The van der Waals surface area contributed by atoms with Crippen molar-refractivity contribution in [1.29, 1.82) is 0 Å². The summed E-state index contributed by atoms with van der Waals surface area (Å²) in [5.41, 5.74) is 1.57. The fourth-order valence-corrected chi connectivity index (χ4v) is 3.99. The zero-order valence-electron chi connectivity index (χ0n) is 17.0. The van der Waals surface area contributed by atoms with E-state index < -0.39 is 23.6 Å². The Morgan fingerprint density at radius 2 is 1.77 bits per heavy atom. The maximum atomic E-state index is 13.1. The van der Waals surface area contributed by atoms with Gasteiger partial charge in [0.15, 0.2) is 5.78 Å². The Balaban J connectivity index is 1.55. The largest absolute Gasteiger partial charge is 0.323 e. The number of imide groups is 1. The van der Waals surface area contributed by atoms with Crippen LogP contribution in [0.4, 0.5) is 10.5 Å². The van der Waals surface area contributed by atoms with Crippen LogP contribution < -0.4 is 5.32 Å². The van der Waals surface area contributed by atoms with Gasteiger partial charge >= 0.3 is 6.03 Å². The maximum absolute atomic E-state index is 13.1. The minimum absolute atomic E-state index is 0.103. The number of rotatable bonds is 4. The number of para-hydroxylation sites is 1. The Morgan fingerprint density at radius 1 is 1.03 bits per heavy atom. The van der Waals surface area contributed by atoms with Gasteiger partial charge in [0.05, 0.1) is 23.6 Å². The van der Waals surface area contributed by atoms with E-state index in [1.807, 2.05) is 6.07 Å². The molecule has 0 saturated heterocycles. The molecule has 1 atom stereocenters. The van der Waals surface area contributed by atoms with Crippen LogP contribution in [0.3, 0.4) is 0 Å². The zero-order valence-corrected chi connectivity index (χ0v) is 17.0. The Morgan fingerprint density at radius 3 is 2.48 bits per heavy atom. The van der Waals surface area contributed by atoms with Crippen LogP contribution in [0.15, 0.2) is 48.5 Å². The fraction of sp³-hybridized carbons (Fsp3) is 0.261. The van der Waals surface area contributed by atoms with Crippen LogP contribution in [0.5, 0.6) is 0 Å². The molecule has 1 heterocycles. The number of Topliss-reactive ketones (excluding diaryl/α,β-unsaturated/α-hetero) is 2. The van der Waals surface area contributed by atoms with E-state index in [1.54, 1.807) is 49.5 Å². The van der Waals surface area contributed by atoms with Crippen LogP contribution in [-0.4, -0.2) is 52.3 Å². The number of hydrogen-bond donors (Lipinski definition) is 1. The van der Waals surface area contributed by atoms with Crippen molar-refractivity contribution in [2.24, 2.45) is 0 Å². The van der Waals surface area contributed by atoms with Crippen molar-refractivity contribution in [3.63, 3.8) is 0 Å². The van der Waals surface area contributed by atoms with E-state index >= 15 is 0 Å². The summed E-state index contributed by atoms with van der Waals surface area (Å²) in [6.07, 6.45) is 0.0598. The standard InChI is InChI=1S/C23H21N3O5/c1-25(23(31)24-15-7-3-2-4-8-15)13-14-6-5-9-17-20(14)22(30)26(21(17)29)18-11-10-16(27)12-19(18)28/h2-9,18H,10-13H2,1H3,(H,24,31). The van der Waals surface area contributed by atoms with Gasteiger partial charge in [-0.1, -0.05) is 30.3 Å². The molecule has 2 aromatic carbocycles. The van der Waals surface area contributed by atoms with Crippen LogP contribution in [0.25, 0.3) is 0 Å². The maximum Gasteiger partial charge on any atom is 0.321 e. The molecule has 0 aromatic heterocycles. The lowest BCUT2D eigenvalue weighted by Gasteiger charge is -2.27. The number of fused-ring (bicyclic) bond motifs is 1. The van der Waals surface area contributed by atoms with Gasteiger partial charge in [0.2, 0.25) is 0 Å². The molecule has 1 aliphatic heterocycles. The number of anilines is 1. The molecule has 2 aliphatic rings. The SMILES string of the molecule is CN(Cc1cccc2c1C(=O)N(C1CCC(=O)CC1=O)C2=O)C(=O)Nc1ccccc1. The average molecular weight is 419 g/mol. The van der Waals surface area contributed by atoms with Crippen LogP contribution >= 0.6 is 0 Å². The molecule has 8 heteroatoms. The van der Waals surface area contributed by atoms with Crippen molar-refractivity contribution in [2.75, 3.05) is 12.4 Å². The lowest BCUT2D eigenvalue weighted by atomic mass is 9.92. The van der Waals surface area contributed by atoms with E-state index in [0.717, 1.165) is 4.90 Å². The molecular formula is C23H21N3O5. The quantitative estimate of drug-likeness (QED) is 0.606. The Kier molecular flexibility index (Phi) is 5.37. The second kappa shape index (κ2) is 8.14. The smallest absolute Gasteiger partial charge is 0.321 e. The topological polar surface area (TPSA) is 104 Å². The summed E-state index contributed by atoms with van der Waals surface area (Å²) >= 11 is 0. The summed E-state index contributed by atoms with van der Waals surface area (Å²) in [7, 11) is 1.59. The third-order valence-corrected chi connectivity index (χ3v) is 5.56. The van der Waals surface area contributed by atoms with Crippen molar-refractivity contribution in [3.05, 3.63) is 65.2 Å². The number of amides is 4. The van der Waals surface area contributed by atoms with Crippen LogP contribution in [-0.2, 0) is 16.1 Å². The zero-order chi connectivity index (χ0) is 22.1. The van der Waals surface area contributed by atoms with E-state index in [4.69, 9.17) is 0 Å². The van der Waals surface area contributed by atoms with E-state index in [1.165, 1.54) is 4.90 Å². The summed E-state index contributed by atoms with van der Waals surface area (Å²) in [4.78, 5) is 64.8. The molecule has 1 unspecified atom stereocenters. The highest BCUT2D eigenvalue weighted by Gasteiger charge is 2.45. The van der Waals surface area contributed by atoms with Crippen molar-refractivity contribution >= 4 is 35.1 Å². The van der Waals surface area contributed by atoms with Crippen LogP contribution in [0, 0.1) is 0 Å². The van der Waals surface area contributed by atoms with Gasteiger partial charge in [-0.25, -0.2) is 4.79 Å². The molecule has 0 radical (unpaired) electrons. The van der Waals surface area contributed by atoms with Gasteiger partial charge in [-0.2, -0.15) is 0 Å². The number of carbonyl (C=O) groups is 5. The number of urea groups is 1. The lowest BCUT2D eigenvalue weighted by Crippen LogP contribution is -2.47. The van der Waals surface area contributed by atoms with Crippen molar-refractivity contribution in [1.82, 2.24) is 9.80 Å². The van der Waals surface area contributed by atoms with Crippen LogP contribution in [0.2, 0.25) is 0 Å². The molecule has 2 aromatic rings. The van der Waals surface area contributed by atoms with Gasteiger partial charge in [-0.15, -0.1) is 0 Å². The predicted molar refractivity (Wildman–Crippen MR) is 112 cm³/mol. The van der Waals surface area contributed by atoms with Gasteiger partial charge in [-0.3, -0.25) is 24.1 Å². The number of ketones is 2. The number of hydrogen-bond acceptors (Lipinski definition) is 5. The highest BCUT2D eigenvalue weighted by molar-refractivity contribution is 6.24. The van der Waals surface area contributed by atoms with E-state index in [0.29, 0.717) is 11.3 Å². The highest BCUT2D eigenvalue weighted by Crippen LogP contribution is 2.31. The number of nitrogens with zero attached hydrogens (tertiary/aromatic N) is 2. The molecule has 1 saturated carbocycles. The monoisotopic (exact) mass is 419 g/mol. The molecule has 4 rings (SSSR count). The van der Waals surface area contributed by atoms with E-state index in [2.05, 4.69) is 5.32 Å². The minimum atomic E-state index is -0.919. The summed E-state index contributed by atoms with van der Waals surface area (Å²) < 4.78 is 0. The molecule has 4 amide bonds. The first-order valence-electron chi connectivity index (χ1n) is 9.98. The predicted octanol–water partition coefficient (Wildman–Crippen LogP) is 2.64. The average Bonchev–Trinajstić information content (AvgIpc) is 3.00. The van der Waals surface area contributed by atoms with E-state index in [9.17, 15) is 24.0 Å². The summed E-state index contributed by atoms with van der Waals surface area (Å²) in [6, 6.07) is 12.6. The molecule has 1 fully saturated rings. The number of benzene rings is 2. The van der Waals surface area contributed by atoms with Crippen molar-refractivity contribution in [2.45, 2.75) is 31.8 Å². The normalized spacial score (nSPS) is 18.2. The van der Waals surface area contributed by atoms with Gasteiger partial charge in [0.25, 0.3) is 11.8 Å². The van der Waals surface area contributed by atoms with Crippen LogP contribution in [0.1, 0.15) is 45.5 Å². The number of nitrogens with one attached hydrogen (secondary N) is 1. The molecule has 1 N–H and O–H groups in total. The fourth-order valence-electron chi connectivity index (χ4n) is 3.99. The first-order chi connectivity index (χ1) is 14.9. The molecular weight excluding hydrogens is 398 g/mol. The second-order valence-corrected chi connectivity index (χ2v) is 7.71. The molecule has 0 spiro atoms. The third kappa shape index (κ3) is 3.84. The van der Waals surface area contributed by atoms with Gasteiger partial charge in [0.1, 0.15) is 5.78 Å². The van der Waals surface area contributed by atoms with Crippen molar-refractivity contribution in [3.8, 4) is 0 Å². The van der Waals surface area contributed by atoms with Gasteiger partial charge in [-0.05, 0) is 30.2 Å². The molecule has 8 nitrogen and oxygen atoms in total. The summed E-state index contributed by atoms with van der Waals surface area (Å²) in [5, 5.41) is 2.77. The third-order valence-electron chi connectivity index (χ3n) is 5.56. The highest BCUT2D eigenvalue weighted by atomic mass is 16.2.